The second kappa shape index (κ2) is 5.36. The highest BCUT2D eigenvalue weighted by molar-refractivity contribution is 6.31. The van der Waals surface area contributed by atoms with E-state index in [-0.39, 0.29) is 18.1 Å². The average molecular weight is 262 g/mol. The number of hydrogen-bond acceptors (Lipinski definition) is 2. The molecular formula is C12H21ClFN3. The molecule has 0 bridgehead atoms. The summed E-state index contributed by atoms with van der Waals surface area (Å²) >= 11 is 5.98. The van der Waals surface area contributed by atoms with Gasteiger partial charge in [0.05, 0.1) is 16.9 Å². The van der Waals surface area contributed by atoms with Crippen molar-refractivity contribution in [1.82, 2.24) is 15.1 Å². The molecule has 1 rings (SSSR count). The van der Waals surface area contributed by atoms with Crippen LogP contribution in [-0.2, 0) is 0 Å². The molecule has 0 aromatic carbocycles. The van der Waals surface area contributed by atoms with Crippen molar-refractivity contribution in [2.45, 2.75) is 52.4 Å². The minimum absolute atomic E-state index is 0.102. The quantitative estimate of drug-likeness (QED) is 0.899. The van der Waals surface area contributed by atoms with Gasteiger partial charge in [-0.1, -0.05) is 11.6 Å². The standard InChI is InChI=1S/C12H21ClFN3/c1-8(2)17-11(9(13)6-16-17)10(14)7-15-12(3,4)5/h6,8,10,15H,7H2,1-5H3. The summed E-state index contributed by atoms with van der Waals surface area (Å²) in [4.78, 5) is 0. The van der Waals surface area contributed by atoms with Crippen LogP contribution in [0.4, 0.5) is 4.39 Å². The summed E-state index contributed by atoms with van der Waals surface area (Å²) in [6, 6.07) is 0.102. The van der Waals surface area contributed by atoms with Crippen molar-refractivity contribution < 1.29 is 4.39 Å². The molecule has 1 atom stereocenters. The number of rotatable bonds is 4. The van der Waals surface area contributed by atoms with E-state index >= 15 is 0 Å². The van der Waals surface area contributed by atoms with Crippen molar-refractivity contribution in [3.05, 3.63) is 16.9 Å². The molecule has 0 amide bonds. The number of nitrogens with zero attached hydrogens (tertiary/aromatic N) is 2. The van der Waals surface area contributed by atoms with E-state index in [0.717, 1.165) is 0 Å². The first-order valence-electron chi connectivity index (χ1n) is 5.84. The average Bonchev–Trinajstić information content (AvgIpc) is 2.55. The van der Waals surface area contributed by atoms with Gasteiger partial charge < -0.3 is 5.32 Å². The Kier molecular flexibility index (Phi) is 4.55. The zero-order chi connectivity index (χ0) is 13.2. The zero-order valence-electron chi connectivity index (χ0n) is 11.1. The predicted octanol–water partition coefficient (Wildman–Crippen LogP) is 3.52. The fraction of sp³-hybridized carbons (Fsp3) is 0.750. The lowest BCUT2D eigenvalue weighted by molar-refractivity contribution is 0.272. The number of nitrogens with one attached hydrogen (secondary N) is 1. The van der Waals surface area contributed by atoms with Gasteiger partial charge in [0, 0.05) is 18.1 Å². The van der Waals surface area contributed by atoms with E-state index in [1.54, 1.807) is 4.68 Å². The molecule has 0 aliphatic rings. The Bertz CT molecular complexity index is 368. The lowest BCUT2D eigenvalue weighted by Gasteiger charge is -2.23. The minimum atomic E-state index is -1.15. The van der Waals surface area contributed by atoms with Crippen LogP contribution in [0.5, 0.6) is 0 Å². The molecule has 0 fully saturated rings. The van der Waals surface area contributed by atoms with Gasteiger partial charge in [-0.05, 0) is 34.6 Å². The Morgan fingerprint density at radius 3 is 2.53 bits per heavy atom. The highest BCUT2D eigenvalue weighted by atomic mass is 35.5. The van der Waals surface area contributed by atoms with Gasteiger partial charge in [-0.15, -0.1) is 0 Å². The highest BCUT2D eigenvalue weighted by Gasteiger charge is 2.22. The molecule has 17 heavy (non-hydrogen) atoms. The predicted molar refractivity (Wildman–Crippen MR) is 69.2 cm³/mol. The SMILES string of the molecule is CC(C)n1ncc(Cl)c1C(F)CNC(C)(C)C. The maximum atomic E-state index is 14.2. The van der Waals surface area contributed by atoms with E-state index in [9.17, 15) is 4.39 Å². The molecular weight excluding hydrogens is 241 g/mol. The highest BCUT2D eigenvalue weighted by Crippen LogP contribution is 2.27. The first kappa shape index (κ1) is 14.5. The summed E-state index contributed by atoms with van der Waals surface area (Å²) in [5.74, 6) is 0. The Morgan fingerprint density at radius 2 is 2.06 bits per heavy atom. The van der Waals surface area contributed by atoms with Crippen molar-refractivity contribution in [2.75, 3.05) is 6.54 Å². The maximum absolute atomic E-state index is 14.2. The number of alkyl halides is 1. The van der Waals surface area contributed by atoms with Crippen molar-refractivity contribution in [3.8, 4) is 0 Å². The van der Waals surface area contributed by atoms with Crippen LogP contribution in [0.15, 0.2) is 6.20 Å². The first-order chi connectivity index (χ1) is 7.72. The molecule has 0 saturated heterocycles. The second-order valence-electron chi connectivity index (χ2n) is 5.51. The zero-order valence-corrected chi connectivity index (χ0v) is 11.8. The molecule has 1 aromatic heterocycles. The van der Waals surface area contributed by atoms with E-state index in [4.69, 9.17) is 11.6 Å². The maximum Gasteiger partial charge on any atom is 0.155 e. The van der Waals surface area contributed by atoms with Gasteiger partial charge in [0.1, 0.15) is 0 Å². The largest absolute Gasteiger partial charge is 0.309 e. The van der Waals surface area contributed by atoms with E-state index in [1.165, 1.54) is 6.20 Å². The van der Waals surface area contributed by atoms with Gasteiger partial charge >= 0.3 is 0 Å². The number of hydrogen-bond donors (Lipinski definition) is 1. The summed E-state index contributed by atoms with van der Waals surface area (Å²) in [6.07, 6.45) is 0.354. The molecule has 0 saturated carbocycles. The van der Waals surface area contributed by atoms with Crippen LogP contribution in [0.1, 0.15) is 52.5 Å². The van der Waals surface area contributed by atoms with E-state index in [0.29, 0.717) is 10.7 Å². The molecule has 0 radical (unpaired) electrons. The molecule has 1 aromatic rings. The van der Waals surface area contributed by atoms with Crippen LogP contribution in [0.25, 0.3) is 0 Å². The van der Waals surface area contributed by atoms with Gasteiger partial charge in [-0.2, -0.15) is 5.10 Å². The molecule has 1 unspecified atom stereocenters. The summed E-state index contributed by atoms with van der Waals surface area (Å²) in [6.45, 7) is 10.2. The minimum Gasteiger partial charge on any atom is -0.309 e. The van der Waals surface area contributed by atoms with Crippen molar-refractivity contribution in [2.24, 2.45) is 0 Å². The fourth-order valence-corrected chi connectivity index (χ4v) is 1.80. The smallest absolute Gasteiger partial charge is 0.155 e. The van der Waals surface area contributed by atoms with E-state index < -0.39 is 6.17 Å². The second-order valence-corrected chi connectivity index (χ2v) is 5.92. The van der Waals surface area contributed by atoms with Crippen molar-refractivity contribution in [1.29, 1.82) is 0 Å². The Labute approximate surface area is 107 Å². The molecule has 1 N–H and O–H groups in total. The summed E-state index contributed by atoms with van der Waals surface area (Å²) < 4.78 is 15.8. The Balaban J connectivity index is 2.81. The molecule has 98 valence electrons. The third kappa shape index (κ3) is 3.96. The molecule has 1 heterocycles. The molecule has 0 aliphatic heterocycles. The Morgan fingerprint density at radius 1 is 1.47 bits per heavy atom. The van der Waals surface area contributed by atoms with Gasteiger partial charge in [0.2, 0.25) is 0 Å². The van der Waals surface area contributed by atoms with Crippen molar-refractivity contribution >= 4 is 11.6 Å². The van der Waals surface area contributed by atoms with Gasteiger partial charge in [0.25, 0.3) is 0 Å². The van der Waals surface area contributed by atoms with E-state index in [2.05, 4.69) is 10.4 Å². The summed E-state index contributed by atoms with van der Waals surface area (Å²) in [5, 5.41) is 7.62. The third-order valence-corrected chi connectivity index (χ3v) is 2.68. The lowest BCUT2D eigenvalue weighted by atomic mass is 10.1. The molecule has 3 nitrogen and oxygen atoms in total. The number of aromatic nitrogens is 2. The van der Waals surface area contributed by atoms with Crippen LogP contribution in [0, 0.1) is 0 Å². The van der Waals surface area contributed by atoms with Crippen LogP contribution in [0.2, 0.25) is 5.02 Å². The van der Waals surface area contributed by atoms with Gasteiger partial charge in [-0.25, -0.2) is 4.39 Å². The Hall–Kier alpha value is -0.610. The third-order valence-electron chi connectivity index (χ3n) is 2.38. The van der Waals surface area contributed by atoms with Crippen LogP contribution in [0.3, 0.4) is 0 Å². The summed E-state index contributed by atoms with van der Waals surface area (Å²) in [7, 11) is 0. The lowest BCUT2D eigenvalue weighted by Crippen LogP contribution is -2.38. The first-order valence-corrected chi connectivity index (χ1v) is 6.22. The monoisotopic (exact) mass is 261 g/mol. The van der Waals surface area contributed by atoms with Gasteiger partial charge in [0.15, 0.2) is 6.17 Å². The molecule has 5 heteroatoms. The van der Waals surface area contributed by atoms with Gasteiger partial charge in [-0.3, -0.25) is 4.68 Å². The number of halogens is 2. The summed E-state index contributed by atoms with van der Waals surface area (Å²) in [5.41, 5.74) is 0.345. The molecule has 0 spiro atoms. The van der Waals surface area contributed by atoms with Crippen LogP contribution < -0.4 is 5.32 Å². The van der Waals surface area contributed by atoms with Crippen LogP contribution in [-0.4, -0.2) is 21.9 Å². The van der Waals surface area contributed by atoms with E-state index in [1.807, 2.05) is 34.6 Å². The topological polar surface area (TPSA) is 29.9 Å². The van der Waals surface area contributed by atoms with Crippen molar-refractivity contribution in [3.63, 3.8) is 0 Å². The molecule has 0 aliphatic carbocycles. The normalized spacial score (nSPS) is 14.4. The van der Waals surface area contributed by atoms with Crippen LogP contribution >= 0.6 is 11.6 Å². The fourth-order valence-electron chi connectivity index (χ4n) is 1.55.